The van der Waals surface area contributed by atoms with Gasteiger partial charge in [-0.1, -0.05) is 6.92 Å². The standard InChI is InChI=1S/C5H13N.C2F6NO4S2/c1-4-5-6(2)3;3-1(4,5)14(10,11)9-15(12,13)2(6,7)8/h4-5H2,1-3H3;/q;-1/p+1. The molecule has 0 aliphatic carbocycles. The fraction of sp³-hybridized carbons (Fsp3) is 1.00. The van der Waals surface area contributed by atoms with Gasteiger partial charge < -0.3 is 9.03 Å². The molecule has 0 fully saturated rings. The molecule has 0 atom stereocenters. The van der Waals surface area contributed by atoms with Crippen LogP contribution in [0.15, 0.2) is 0 Å². The van der Waals surface area contributed by atoms with Gasteiger partial charge in [0, 0.05) is 0 Å². The summed E-state index contributed by atoms with van der Waals surface area (Å²) in [6, 6.07) is 0. The minimum atomic E-state index is -6.72. The Labute approximate surface area is 118 Å². The van der Waals surface area contributed by atoms with E-state index in [2.05, 4.69) is 21.0 Å². The molecule has 0 aliphatic heterocycles. The van der Waals surface area contributed by atoms with Gasteiger partial charge in [0.1, 0.15) is 0 Å². The van der Waals surface area contributed by atoms with Crippen LogP contribution < -0.4 is 4.90 Å². The number of rotatable bonds is 4. The third-order valence-electron chi connectivity index (χ3n) is 1.53. The molecule has 0 rings (SSSR count). The number of hydrogen-bond acceptors (Lipinski definition) is 4. The lowest BCUT2D eigenvalue weighted by Crippen LogP contribution is -3.05. The topological polar surface area (TPSA) is 86.8 Å². The largest absolute Gasteiger partial charge is 0.480 e. The van der Waals surface area contributed by atoms with Gasteiger partial charge in [0.2, 0.25) is 0 Å². The lowest BCUT2D eigenvalue weighted by Gasteiger charge is -2.22. The van der Waals surface area contributed by atoms with Gasteiger partial charge in [0.05, 0.1) is 20.6 Å². The molecule has 0 radical (unpaired) electrons. The zero-order valence-electron chi connectivity index (χ0n) is 11.1. The van der Waals surface area contributed by atoms with Crippen LogP contribution in [0.25, 0.3) is 4.13 Å². The normalized spacial score (nSPS) is 13.8. The minimum absolute atomic E-state index is 0.778. The Morgan fingerprint density at radius 2 is 1.14 bits per heavy atom. The highest BCUT2D eigenvalue weighted by molar-refractivity contribution is 8.13. The predicted molar refractivity (Wildman–Crippen MR) is 61.3 cm³/mol. The summed E-state index contributed by atoms with van der Waals surface area (Å²) >= 11 is 0. The summed E-state index contributed by atoms with van der Waals surface area (Å²) in [5, 5.41) is 0. The first kappa shape index (κ1) is 22.7. The van der Waals surface area contributed by atoms with E-state index in [1.54, 1.807) is 0 Å². The quantitative estimate of drug-likeness (QED) is 0.737. The maximum atomic E-state index is 11.4. The van der Waals surface area contributed by atoms with Crippen molar-refractivity contribution in [2.75, 3.05) is 20.6 Å². The Morgan fingerprint density at radius 1 is 0.857 bits per heavy atom. The second kappa shape index (κ2) is 7.60. The van der Waals surface area contributed by atoms with E-state index in [4.69, 9.17) is 0 Å². The summed E-state index contributed by atoms with van der Waals surface area (Å²) < 4.78 is 109. The lowest BCUT2D eigenvalue weighted by molar-refractivity contribution is -0.858. The van der Waals surface area contributed by atoms with E-state index in [-0.39, 0.29) is 0 Å². The van der Waals surface area contributed by atoms with E-state index < -0.39 is 31.1 Å². The minimum Gasteiger partial charge on any atom is -0.421 e. The van der Waals surface area contributed by atoms with Crippen molar-refractivity contribution >= 4 is 20.0 Å². The molecular formula is C7H14F6N2O4S2. The van der Waals surface area contributed by atoms with E-state index in [1.165, 1.54) is 17.9 Å². The molecule has 0 aromatic heterocycles. The Morgan fingerprint density at radius 3 is 1.24 bits per heavy atom. The molecule has 21 heavy (non-hydrogen) atoms. The summed E-state index contributed by atoms with van der Waals surface area (Å²) in [7, 11) is -9.10. The van der Waals surface area contributed by atoms with Gasteiger partial charge in [-0.2, -0.15) is 26.3 Å². The molecule has 0 aromatic carbocycles. The number of hydrogen-bond donors (Lipinski definition) is 1. The van der Waals surface area contributed by atoms with E-state index >= 15 is 0 Å². The number of alkyl halides is 6. The summed E-state index contributed by atoms with van der Waals surface area (Å²) in [4.78, 5) is 1.54. The maximum Gasteiger partial charge on any atom is 0.480 e. The maximum absolute atomic E-state index is 11.4. The second-order valence-electron chi connectivity index (χ2n) is 3.87. The number of quaternary nitrogens is 1. The fourth-order valence-corrected chi connectivity index (χ4v) is 2.42. The first-order chi connectivity index (χ1) is 8.98. The van der Waals surface area contributed by atoms with Crippen molar-refractivity contribution in [3.05, 3.63) is 4.13 Å². The van der Waals surface area contributed by atoms with Crippen LogP contribution >= 0.6 is 0 Å². The molecule has 0 heterocycles. The van der Waals surface area contributed by atoms with Crippen molar-refractivity contribution in [2.24, 2.45) is 0 Å². The van der Waals surface area contributed by atoms with Crippen molar-refractivity contribution in [3.63, 3.8) is 0 Å². The van der Waals surface area contributed by atoms with Crippen molar-refractivity contribution in [1.29, 1.82) is 0 Å². The van der Waals surface area contributed by atoms with Crippen LogP contribution in [0.3, 0.4) is 0 Å². The molecule has 14 heteroatoms. The Bertz CT molecular complexity index is 466. The van der Waals surface area contributed by atoms with E-state index in [9.17, 15) is 43.2 Å². The van der Waals surface area contributed by atoms with Gasteiger partial charge in [0.25, 0.3) is 0 Å². The van der Waals surface area contributed by atoms with Crippen LogP contribution in [0.2, 0.25) is 0 Å². The summed E-state index contributed by atoms with van der Waals surface area (Å²) in [6.07, 6.45) is 1.29. The number of nitrogens with zero attached hydrogens (tertiary/aromatic N) is 1. The molecule has 0 bridgehead atoms. The molecule has 0 saturated heterocycles. The third kappa shape index (κ3) is 8.43. The van der Waals surface area contributed by atoms with Crippen LogP contribution in [-0.4, -0.2) is 48.5 Å². The van der Waals surface area contributed by atoms with Crippen LogP contribution in [0.1, 0.15) is 13.3 Å². The monoisotopic (exact) mass is 368 g/mol. The fourth-order valence-electron chi connectivity index (χ4n) is 0.714. The molecular weight excluding hydrogens is 354 g/mol. The highest BCUT2D eigenvalue weighted by Crippen LogP contribution is 2.36. The summed E-state index contributed by atoms with van der Waals surface area (Å²) in [6.45, 7) is 3.49. The molecule has 0 aliphatic rings. The van der Waals surface area contributed by atoms with Crippen LogP contribution in [0.4, 0.5) is 26.3 Å². The van der Waals surface area contributed by atoms with Crippen molar-refractivity contribution in [1.82, 2.24) is 0 Å². The molecule has 0 amide bonds. The predicted octanol–water partition coefficient (Wildman–Crippen LogP) is 0.600. The molecule has 0 aromatic rings. The van der Waals surface area contributed by atoms with Gasteiger partial charge in [-0.25, -0.2) is 16.8 Å². The zero-order chi connectivity index (χ0) is 17.7. The van der Waals surface area contributed by atoms with Crippen molar-refractivity contribution in [3.8, 4) is 0 Å². The summed E-state index contributed by atoms with van der Waals surface area (Å²) in [5.74, 6) is 0. The molecule has 0 unspecified atom stereocenters. The van der Waals surface area contributed by atoms with Crippen LogP contribution in [-0.2, 0) is 20.0 Å². The first-order valence-electron chi connectivity index (χ1n) is 5.13. The van der Waals surface area contributed by atoms with E-state index in [0.29, 0.717) is 0 Å². The molecule has 0 saturated carbocycles. The third-order valence-corrected chi connectivity index (χ3v) is 4.27. The average molecular weight is 368 g/mol. The highest BCUT2D eigenvalue weighted by Gasteiger charge is 2.46. The van der Waals surface area contributed by atoms with Crippen LogP contribution in [0.5, 0.6) is 0 Å². The van der Waals surface area contributed by atoms with Crippen molar-refractivity contribution in [2.45, 2.75) is 24.4 Å². The summed E-state index contributed by atoms with van der Waals surface area (Å²) in [5.41, 5.74) is -12.4. The molecule has 130 valence electrons. The van der Waals surface area contributed by atoms with Gasteiger partial charge in [-0.3, -0.25) is 0 Å². The van der Waals surface area contributed by atoms with Gasteiger partial charge in [-0.05, 0) is 6.42 Å². The zero-order valence-corrected chi connectivity index (χ0v) is 12.7. The first-order valence-corrected chi connectivity index (χ1v) is 8.01. The molecule has 0 spiro atoms. The molecule has 6 nitrogen and oxygen atoms in total. The Hall–Kier alpha value is -0.600. The second-order valence-corrected chi connectivity index (χ2v) is 7.30. The number of sulfonamides is 2. The average Bonchev–Trinajstić information content (AvgIpc) is 2.12. The van der Waals surface area contributed by atoms with Gasteiger partial charge in [0.15, 0.2) is 20.0 Å². The SMILES string of the molecule is CCC[NH+](C)C.O=S(=O)([N-]S(=O)(=O)C(F)(F)F)C(F)(F)F. The smallest absolute Gasteiger partial charge is 0.421 e. The Balaban J connectivity index is 0. The Kier molecular flexibility index (Phi) is 8.21. The lowest BCUT2D eigenvalue weighted by atomic mass is 10.5. The van der Waals surface area contributed by atoms with E-state index in [1.807, 2.05) is 0 Å². The highest BCUT2D eigenvalue weighted by atomic mass is 32.3. The number of nitrogens with one attached hydrogen (secondary N) is 1. The van der Waals surface area contributed by atoms with Crippen molar-refractivity contribution < 1.29 is 48.1 Å². The van der Waals surface area contributed by atoms with Gasteiger partial charge in [-0.15, -0.1) is 0 Å². The van der Waals surface area contributed by atoms with E-state index in [0.717, 1.165) is 4.13 Å². The van der Waals surface area contributed by atoms with Gasteiger partial charge >= 0.3 is 11.0 Å². The van der Waals surface area contributed by atoms with Crippen LogP contribution in [0, 0.1) is 0 Å². The molecule has 1 N–H and O–H groups in total. The number of halogens is 6.